The molecule has 0 bridgehead atoms. The molecule has 0 aliphatic rings. The largest absolute Gasteiger partial charge is 0.340 e. The fraction of sp³-hybridized carbons (Fsp3) is 0. The van der Waals surface area contributed by atoms with E-state index in [0.29, 0.717) is 23.0 Å². The molecular weight excluding hydrogens is 697 g/mol. The molecule has 6 nitrogen and oxygen atoms in total. The molecule has 268 valence electrons. The maximum absolute atomic E-state index is 8.53. The molecule has 3 aromatic heterocycles. The molecule has 0 saturated heterocycles. The van der Waals surface area contributed by atoms with Gasteiger partial charge in [-0.25, -0.2) is 4.98 Å². The van der Waals surface area contributed by atoms with Crippen LogP contribution in [0.5, 0.6) is 0 Å². The van der Waals surface area contributed by atoms with Crippen molar-refractivity contribution in [2.45, 2.75) is 0 Å². The maximum Gasteiger partial charge on any atom is 0.237 e. The molecule has 0 aliphatic carbocycles. The van der Waals surface area contributed by atoms with Gasteiger partial charge in [-0.15, -0.1) is 0 Å². The monoisotopic (exact) mass is 730 g/mol. The molecule has 11 aromatic rings. The molecule has 6 heteroatoms. The second kappa shape index (κ2) is 13.2. The summed E-state index contributed by atoms with van der Waals surface area (Å²) in [5, 5.41) is 19.1. The zero-order chi connectivity index (χ0) is 37.9. The molecule has 0 atom stereocenters. The van der Waals surface area contributed by atoms with E-state index in [1.807, 2.05) is 60.7 Å². The number of hydrogen-bond acceptors (Lipinski definition) is 4. The smallest absolute Gasteiger partial charge is 0.237 e. The molecule has 57 heavy (non-hydrogen) atoms. The summed E-state index contributed by atoms with van der Waals surface area (Å²) >= 11 is 0. The summed E-state index contributed by atoms with van der Waals surface area (Å²) < 4.78 is 4.53. The summed E-state index contributed by atoms with van der Waals surface area (Å²) in [6.45, 7) is 0. The van der Waals surface area contributed by atoms with Gasteiger partial charge in [-0.3, -0.25) is 4.57 Å². The van der Waals surface area contributed by atoms with E-state index in [9.17, 15) is 0 Å². The minimum atomic E-state index is 0.524. The van der Waals surface area contributed by atoms with Crippen LogP contribution in [0, 0.1) is 5.41 Å². The van der Waals surface area contributed by atoms with Gasteiger partial charge in [0.15, 0.2) is 0 Å². The Morgan fingerprint density at radius 1 is 0.456 bits per heavy atom. The normalized spacial score (nSPS) is 11.6. The lowest BCUT2D eigenvalue weighted by Gasteiger charge is -2.16. The van der Waals surface area contributed by atoms with E-state index >= 15 is 0 Å². The zero-order valence-corrected chi connectivity index (χ0v) is 30.8. The minimum absolute atomic E-state index is 0.524. The summed E-state index contributed by atoms with van der Waals surface area (Å²) in [4.78, 5) is 10.5. The lowest BCUT2D eigenvalue weighted by atomic mass is 9.99. The van der Waals surface area contributed by atoms with Gasteiger partial charge in [-0.05, 0) is 82.6 Å². The van der Waals surface area contributed by atoms with E-state index in [2.05, 4.69) is 142 Å². The van der Waals surface area contributed by atoms with Gasteiger partial charge < -0.3 is 15.3 Å². The van der Waals surface area contributed by atoms with Crippen molar-refractivity contribution >= 4 is 72.1 Å². The highest BCUT2D eigenvalue weighted by Crippen LogP contribution is 2.41. The first-order chi connectivity index (χ1) is 28.2. The van der Waals surface area contributed by atoms with E-state index in [-0.39, 0.29) is 0 Å². The third-order valence-corrected chi connectivity index (χ3v) is 11.0. The van der Waals surface area contributed by atoms with Crippen LogP contribution in [0.2, 0.25) is 0 Å². The Bertz CT molecular complexity index is 3330. The molecule has 0 saturated carbocycles. The molecule has 0 aliphatic heterocycles. The highest BCUT2D eigenvalue weighted by atomic mass is 15.2. The fourth-order valence-corrected chi connectivity index (χ4v) is 8.46. The molecule has 0 radical (unpaired) electrons. The van der Waals surface area contributed by atoms with Gasteiger partial charge in [0.1, 0.15) is 5.82 Å². The molecule has 0 fully saturated rings. The van der Waals surface area contributed by atoms with E-state index in [1.165, 1.54) is 38.8 Å². The van der Waals surface area contributed by atoms with E-state index in [1.54, 1.807) is 0 Å². The standard InChI is InChI=1S/C51H34N6/c52-32-43-49(34-15-4-1-5-16-34)54-51(55-50(43)53-37-17-6-2-7-18-37)57-46-28-26-36(31-42(46)48-39-21-11-10-14-33(39)24-29-47(48)57)35-25-27-45-41(30-35)40-22-12-13-23-44(40)56(45)38-19-8-3-9-20-38/h1-32,52H,(H,53,54,55). The number of fused-ring (bicyclic) bond motifs is 8. The van der Waals surface area contributed by atoms with Crippen molar-refractivity contribution in [3.05, 3.63) is 194 Å². The molecule has 11 rings (SSSR count). The summed E-state index contributed by atoms with van der Waals surface area (Å²) in [5.74, 6) is 1.09. The number of hydrogen-bond donors (Lipinski definition) is 2. The van der Waals surface area contributed by atoms with Crippen LogP contribution in [0.4, 0.5) is 11.5 Å². The van der Waals surface area contributed by atoms with Crippen molar-refractivity contribution in [2.75, 3.05) is 5.32 Å². The van der Waals surface area contributed by atoms with Gasteiger partial charge >= 0.3 is 0 Å². The lowest BCUT2D eigenvalue weighted by molar-refractivity contribution is 0.993. The van der Waals surface area contributed by atoms with Crippen LogP contribution in [0.15, 0.2) is 188 Å². The van der Waals surface area contributed by atoms with Crippen LogP contribution in [0.25, 0.3) is 88.4 Å². The quantitative estimate of drug-likeness (QED) is 0.160. The summed E-state index contributed by atoms with van der Waals surface area (Å²) in [6, 6.07) is 65.8. The summed E-state index contributed by atoms with van der Waals surface area (Å²) in [5.41, 5.74) is 10.9. The van der Waals surface area contributed by atoms with Gasteiger partial charge in [0, 0.05) is 44.7 Å². The van der Waals surface area contributed by atoms with Crippen molar-refractivity contribution < 1.29 is 0 Å². The number of aromatic nitrogens is 4. The number of nitrogens with one attached hydrogen (secondary N) is 2. The van der Waals surface area contributed by atoms with Crippen LogP contribution in [0.1, 0.15) is 5.56 Å². The van der Waals surface area contributed by atoms with Crippen molar-refractivity contribution in [1.29, 1.82) is 5.41 Å². The maximum atomic E-state index is 8.53. The predicted molar refractivity (Wildman–Crippen MR) is 237 cm³/mol. The summed E-state index contributed by atoms with van der Waals surface area (Å²) in [6.07, 6.45) is 1.34. The molecule has 3 heterocycles. The van der Waals surface area contributed by atoms with Crippen LogP contribution < -0.4 is 5.32 Å². The first-order valence-corrected chi connectivity index (χ1v) is 19.1. The first-order valence-electron chi connectivity index (χ1n) is 19.1. The van der Waals surface area contributed by atoms with Gasteiger partial charge in [0.25, 0.3) is 0 Å². The van der Waals surface area contributed by atoms with Gasteiger partial charge in [-0.1, -0.05) is 127 Å². The SMILES string of the molecule is N=Cc1c(Nc2ccccc2)nc(-n2c3ccc(-c4ccc5c(c4)c4ccccc4n5-c4ccccc4)cc3c3c4ccccc4ccc32)nc1-c1ccccc1. The van der Waals surface area contributed by atoms with E-state index in [0.717, 1.165) is 49.9 Å². The fourth-order valence-electron chi connectivity index (χ4n) is 8.46. The van der Waals surface area contributed by atoms with Crippen LogP contribution in [-0.2, 0) is 0 Å². The highest BCUT2D eigenvalue weighted by molar-refractivity contribution is 6.22. The molecule has 8 aromatic carbocycles. The van der Waals surface area contributed by atoms with Crippen molar-refractivity contribution in [3.8, 4) is 34.0 Å². The average Bonchev–Trinajstić information content (AvgIpc) is 3.79. The van der Waals surface area contributed by atoms with Crippen LogP contribution >= 0.6 is 0 Å². The molecule has 0 unspecified atom stereocenters. The topological polar surface area (TPSA) is 71.5 Å². The van der Waals surface area contributed by atoms with Crippen molar-refractivity contribution in [1.82, 2.24) is 19.1 Å². The van der Waals surface area contributed by atoms with Crippen molar-refractivity contribution in [2.24, 2.45) is 0 Å². The number of benzene rings is 8. The van der Waals surface area contributed by atoms with Crippen molar-refractivity contribution in [3.63, 3.8) is 0 Å². The zero-order valence-electron chi connectivity index (χ0n) is 30.8. The molecule has 0 spiro atoms. The molecular formula is C51H34N6. The third kappa shape index (κ3) is 5.30. The Hall–Kier alpha value is -7.83. The Labute approximate surface area is 328 Å². The Kier molecular flexibility index (Phi) is 7.54. The Morgan fingerprint density at radius 3 is 1.81 bits per heavy atom. The van der Waals surface area contributed by atoms with Crippen LogP contribution in [0.3, 0.4) is 0 Å². The second-order valence-corrected chi connectivity index (χ2v) is 14.3. The van der Waals surface area contributed by atoms with Gasteiger partial charge in [0.05, 0.1) is 33.3 Å². The number of para-hydroxylation sites is 3. The highest BCUT2D eigenvalue weighted by Gasteiger charge is 2.22. The summed E-state index contributed by atoms with van der Waals surface area (Å²) in [7, 11) is 0. The Morgan fingerprint density at radius 2 is 1.05 bits per heavy atom. The number of anilines is 2. The van der Waals surface area contributed by atoms with Crippen LogP contribution in [-0.4, -0.2) is 25.3 Å². The third-order valence-electron chi connectivity index (χ3n) is 11.0. The predicted octanol–water partition coefficient (Wildman–Crippen LogP) is 12.9. The lowest BCUT2D eigenvalue weighted by Crippen LogP contribution is -2.09. The minimum Gasteiger partial charge on any atom is -0.340 e. The van der Waals surface area contributed by atoms with E-state index in [4.69, 9.17) is 15.4 Å². The average molecular weight is 731 g/mol. The molecule has 0 amide bonds. The second-order valence-electron chi connectivity index (χ2n) is 14.3. The molecule has 2 N–H and O–H groups in total. The number of rotatable bonds is 7. The first kappa shape index (κ1) is 32.6. The van der Waals surface area contributed by atoms with Gasteiger partial charge in [0.2, 0.25) is 5.95 Å². The van der Waals surface area contributed by atoms with Gasteiger partial charge in [-0.2, -0.15) is 4.98 Å². The Balaban J connectivity index is 1.16. The van der Waals surface area contributed by atoms with E-state index < -0.39 is 0 Å². The number of nitrogens with zero attached hydrogens (tertiary/aromatic N) is 4.